The molecule has 19 heavy (non-hydrogen) atoms. The van der Waals surface area contributed by atoms with Crippen LogP contribution in [0.15, 0.2) is 18.2 Å². The molecule has 3 N–H and O–H groups in total. The highest BCUT2D eigenvalue weighted by atomic mass is 16.5. The van der Waals surface area contributed by atoms with E-state index in [0.29, 0.717) is 43.8 Å². The van der Waals surface area contributed by atoms with Gasteiger partial charge in [-0.3, -0.25) is 0 Å². The van der Waals surface area contributed by atoms with E-state index in [4.69, 9.17) is 10.5 Å². The summed E-state index contributed by atoms with van der Waals surface area (Å²) >= 11 is 0. The van der Waals surface area contributed by atoms with E-state index in [1.54, 1.807) is 25.1 Å². The number of anilines is 2. The number of ether oxygens (including phenoxy) is 1. The lowest BCUT2D eigenvalue weighted by Crippen LogP contribution is -2.37. The standard InChI is InChI=1S/C14H20N2O3/c1-2-19-14(18)11-4-3-5-12(15)13(11)16-8-6-10(17)7-9-16/h3-5,10,17H,2,6-9,15H2,1H3. The highest BCUT2D eigenvalue weighted by Gasteiger charge is 2.24. The maximum absolute atomic E-state index is 12.0. The number of rotatable bonds is 3. The van der Waals surface area contributed by atoms with Crippen LogP contribution in [0.4, 0.5) is 11.4 Å². The number of nitrogen functional groups attached to an aromatic ring is 1. The fourth-order valence-corrected chi connectivity index (χ4v) is 2.38. The number of nitrogens with two attached hydrogens (primary N) is 1. The zero-order valence-electron chi connectivity index (χ0n) is 11.1. The predicted molar refractivity (Wildman–Crippen MR) is 74.3 cm³/mol. The molecule has 2 rings (SSSR count). The Hall–Kier alpha value is -1.75. The third-order valence-electron chi connectivity index (χ3n) is 3.34. The zero-order valence-corrected chi connectivity index (χ0v) is 11.1. The number of piperidine rings is 1. The van der Waals surface area contributed by atoms with E-state index in [1.165, 1.54) is 0 Å². The van der Waals surface area contributed by atoms with Crippen molar-refractivity contribution in [1.29, 1.82) is 0 Å². The van der Waals surface area contributed by atoms with Crippen molar-refractivity contribution in [3.05, 3.63) is 23.8 Å². The topological polar surface area (TPSA) is 75.8 Å². The van der Waals surface area contributed by atoms with Crippen molar-refractivity contribution >= 4 is 17.3 Å². The van der Waals surface area contributed by atoms with Crippen molar-refractivity contribution in [2.45, 2.75) is 25.9 Å². The van der Waals surface area contributed by atoms with Crippen LogP contribution in [0.2, 0.25) is 0 Å². The molecular weight excluding hydrogens is 244 g/mol. The Balaban J connectivity index is 2.30. The lowest BCUT2D eigenvalue weighted by Gasteiger charge is -2.33. The Bertz CT molecular complexity index is 454. The molecule has 0 aromatic heterocycles. The van der Waals surface area contributed by atoms with Crippen LogP contribution in [-0.2, 0) is 4.74 Å². The Morgan fingerprint density at radius 2 is 2.16 bits per heavy atom. The minimum atomic E-state index is -0.351. The van der Waals surface area contributed by atoms with Crippen LogP contribution in [0.25, 0.3) is 0 Å². The number of esters is 1. The maximum atomic E-state index is 12.0. The van der Waals surface area contributed by atoms with Crippen LogP contribution in [0.1, 0.15) is 30.1 Å². The van der Waals surface area contributed by atoms with E-state index < -0.39 is 0 Å². The molecule has 0 aliphatic carbocycles. The van der Waals surface area contributed by atoms with Gasteiger partial charge in [0.05, 0.1) is 29.6 Å². The highest BCUT2D eigenvalue weighted by Crippen LogP contribution is 2.30. The molecule has 1 fully saturated rings. The summed E-state index contributed by atoms with van der Waals surface area (Å²) in [5.74, 6) is -0.351. The van der Waals surface area contributed by atoms with Gasteiger partial charge in [0.2, 0.25) is 0 Å². The number of carbonyl (C=O) groups is 1. The van der Waals surface area contributed by atoms with Gasteiger partial charge in [-0.2, -0.15) is 0 Å². The number of para-hydroxylation sites is 1. The van der Waals surface area contributed by atoms with Gasteiger partial charge >= 0.3 is 5.97 Å². The molecule has 1 aliphatic heterocycles. The quantitative estimate of drug-likeness (QED) is 0.637. The molecular formula is C14H20N2O3. The Kier molecular flexibility index (Phi) is 4.27. The summed E-state index contributed by atoms with van der Waals surface area (Å²) in [6.45, 7) is 3.51. The number of nitrogens with zero attached hydrogens (tertiary/aromatic N) is 1. The molecule has 5 nitrogen and oxygen atoms in total. The minimum Gasteiger partial charge on any atom is -0.462 e. The first-order valence-corrected chi connectivity index (χ1v) is 6.62. The molecule has 104 valence electrons. The van der Waals surface area contributed by atoms with Crippen LogP contribution in [-0.4, -0.2) is 36.9 Å². The van der Waals surface area contributed by atoms with Crippen LogP contribution < -0.4 is 10.6 Å². The van der Waals surface area contributed by atoms with Crippen molar-refractivity contribution in [1.82, 2.24) is 0 Å². The summed E-state index contributed by atoms with van der Waals surface area (Å²) in [6, 6.07) is 5.27. The van der Waals surface area contributed by atoms with Gasteiger partial charge < -0.3 is 20.5 Å². The zero-order chi connectivity index (χ0) is 13.8. The summed E-state index contributed by atoms with van der Waals surface area (Å²) in [7, 11) is 0. The second kappa shape index (κ2) is 5.93. The average molecular weight is 264 g/mol. The molecule has 1 aromatic rings. The predicted octanol–water partition coefficient (Wildman–Crippen LogP) is 1.41. The molecule has 0 unspecified atom stereocenters. The largest absolute Gasteiger partial charge is 0.462 e. The molecule has 0 radical (unpaired) electrons. The molecule has 1 heterocycles. The molecule has 1 aliphatic rings. The average Bonchev–Trinajstić information content (AvgIpc) is 2.40. The Morgan fingerprint density at radius 1 is 1.47 bits per heavy atom. The van der Waals surface area contributed by atoms with Gasteiger partial charge in [0.15, 0.2) is 0 Å². The summed E-state index contributed by atoms with van der Waals surface area (Å²) in [6.07, 6.45) is 1.12. The van der Waals surface area contributed by atoms with Crippen LogP contribution in [0, 0.1) is 0 Å². The minimum absolute atomic E-state index is 0.257. The maximum Gasteiger partial charge on any atom is 0.340 e. The molecule has 0 spiro atoms. The van der Waals surface area contributed by atoms with Gasteiger partial charge in [0, 0.05) is 13.1 Å². The van der Waals surface area contributed by atoms with E-state index >= 15 is 0 Å². The van der Waals surface area contributed by atoms with Gasteiger partial charge in [0.25, 0.3) is 0 Å². The Labute approximate surface area is 113 Å². The number of aliphatic hydroxyl groups is 1. The van der Waals surface area contributed by atoms with Gasteiger partial charge in [-0.1, -0.05) is 6.07 Å². The third kappa shape index (κ3) is 2.98. The first-order valence-electron chi connectivity index (χ1n) is 6.62. The van der Waals surface area contributed by atoms with Crippen molar-refractivity contribution in [3.8, 4) is 0 Å². The van der Waals surface area contributed by atoms with Crippen molar-refractivity contribution < 1.29 is 14.6 Å². The van der Waals surface area contributed by atoms with E-state index in [0.717, 1.165) is 5.69 Å². The first-order chi connectivity index (χ1) is 9.13. The Morgan fingerprint density at radius 3 is 2.79 bits per heavy atom. The highest BCUT2D eigenvalue weighted by molar-refractivity contribution is 5.99. The fourth-order valence-electron chi connectivity index (χ4n) is 2.38. The molecule has 0 saturated carbocycles. The SMILES string of the molecule is CCOC(=O)c1cccc(N)c1N1CCC(O)CC1. The van der Waals surface area contributed by atoms with Gasteiger partial charge in [-0.05, 0) is 31.9 Å². The number of hydrogen-bond acceptors (Lipinski definition) is 5. The third-order valence-corrected chi connectivity index (χ3v) is 3.34. The fraction of sp³-hybridized carbons (Fsp3) is 0.500. The normalized spacial score (nSPS) is 16.4. The molecule has 0 amide bonds. The van der Waals surface area contributed by atoms with Crippen LogP contribution in [0.3, 0.4) is 0 Å². The molecule has 1 aromatic carbocycles. The monoisotopic (exact) mass is 264 g/mol. The molecule has 0 atom stereocenters. The number of carbonyl (C=O) groups excluding carboxylic acids is 1. The van der Waals surface area contributed by atoms with Gasteiger partial charge in [-0.25, -0.2) is 4.79 Å². The van der Waals surface area contributed by atoms with E-state index in [9.17, 15) is 9.90 Å². The summed E-state index contributed by atoms with van der Waals surface area (Å²) < 4.78 is 5.06. The molecule has 0 bridgehead atoms. The number of benzene rings is 1. The van der Waals surface area contributed by atoms with E-state index in [-0.39, 0.29) is 12.1 Å². The van der Waals surface area contributed by atoms with Gasteiger partial charge in [-0.15, -0.1) is 0 Å². The van der Waals surface area contributed by atoms with Crippen LogP contribution in [0.5, 0.6) is 0 Å². The second-order valence-electron chi connectivity index (χ2n) is 4.68. The number of hydrogen-bond donors (Lipinski definition) is 2. The molecule has 5 heteroatoms. The van der Waals surface area contributed by atoms with E-state index in [1.807, 2.05) is 4.90 Å². The molecule has 1 saturated heterocycles. The van der Waals surface area contributed by atoms with Crippen molar-refractivity contribution in [2.75, 3.05) is 30.3 Å². The van der Waals surface area contributed by atoms with Crippen molar-refractivity contribution in [3.63, 3.8) is 0 Å². The summed E-state index contributed by atoms with van der Waals surface area (Å²) in [5.41, 5.74) is 7.81. The second-order valence-corrected chi connectivity index (χ2v) is 4.68. The lowest BCUT2D eigenvalue weighted by atomic mass is 10.0. The van der Waals surface area contributed by atoms with Crippen molar-refractivity contribution in [2.24, 2.45) is 0 Å². The first kappa shape index (κ1) is 13.7. The van der Waals surface area contributed by atoms with Gasteiger partial charge in [0.1, 0.15) is 0 Å². The smallest absolute Gasteiger partial charge is 0.340 e. The lowest BCUT2D eigenvalue weighted by molar-refractivity contribution is 0.0527. The summed E-state index contributed by atoms with van der Waals surface area (Å²) in [4.78, 5) is 14.0. The van der Waals surface area contributed by atoms with Crippen LogP contribution >= 0.6 is 0 Å². The van der Waals surface area contributed by atoms with E-state index in [2.05, 4.69) is 0 Å². The number of aliphatic hydroxyl groups excluding tert-OH is 1. The summed E-state index contributed by atoms with van der Waals surface area (Å²) in [5, 5.41) is 9.56.